The van der Waals surface area contributed by atoms with Gasteiger partial charge in [-0.3, -0.25) is 14.4 Å². The average Bonchev–Trinajstić information content (AvgIpc) is 3.22. The second kappa shape index (κ2) is 14.6. The number of nitrogens with zero attached hydrogens (tertiary/aromatic N) is 1. The van der Waals surface area contributed by atoms with Gasteiger partial charge in [0.1, 0.15) is 6.04 Å². The maximum absolute atomic E-state index is 13.8. The normalized spacial score (nSPS) is 14.2. The third-order valence-corrected chi connectivity index (χ3v) is 8.56. The second-order valence-electron chi connectivity index (χ2n) is 11.3. The molecule has 1 aliphatic carbocycles. The SMILES string of the molecule is COC(=O)c1nc(NC(=O)C(CC(C)C)Nc2ccc3c(cc2=O)C(NC(C)=O)CCc2cc(OC)c(OC)c(OC)c2-3)sc1C. The lowest BCUT2D eigenvalue weighted by molar-refractivity contribution is -0.120. The number of methoxy groups -OCH3 is 4. The van der Waals surface area contributed by atoms with Gasteiger partial charge in [0.05, 0.1) is 40.2 Å². The summed E-state index contributed by atoms with van der Waals surface area (Å²) in [6, 6.07) is 5.54. The molecule has 1 heterocycles. The number of rotatable bonds is 11. The highest BCUT2D eigenvalue weighted by atomic mass is 32.1. The number of hydrogen-bond acceptors (Lipinski definition) is 11. The number of benzene rings is 1. The number of ether oxygens (including phenoxy) is 4. The van der Waals surface area contributed by atoms with Gasteiger partial charge in [0.15, 0.2) is 22.3 Å². The number of esters is 1. The molecule has 46 heavy (non-hydrogen) atoms. The summed E-state index contributed by atoms with van der Waals surface area (Å²) in [5.41, 5.74) is 2.87. The third kappa shape index (κ3) is 7.25. The average molecular weight is 653 g/mol. The van der Waals surface area contributed by atoms with E-state index >= 15 is 0 Å². The fourth-order valence-electron chi connectivity index (χ4n) is 5.65. The van der Waals surface area contributed by atoms with Gasteiger partial charge in [-0.25, -0.2) is 9.78 Å². The molecule has 0 spiro atoms. The van der Waals surface area contributed by atoms with Crippen LogP contribution in [0.2, 0.25) is 0 Å². The Bertz CT molecular complexity index is 1700. The zero-order valence-corrected chi connectivity index (χ0v) is 28.1. The summed E-state index contributed by atoms with van der Waals surface area (Å²) in [5.74, 6) is 0.207. The summed E-state index contributed by atoms with van der Waals surface area (Å²) in [7, 11) is 5.88. The Morgan fingerprint density at radius 1 is 1.04 bits per heavy atom. The summed E-state index contributed by atoms with van der Waals surface area (Å²) in [4.78, 5) is 56.5. The van der Waals surface area contributed by atoms with Crippen molar-refractivity contribution in [2.24, 2.45) is 5.92 Å². The van der Waals surface area contributed by atoms with Crippen molar-refractivity contribution in [2.45, 2.75) is 59.0 Å². The van der Waals surface area contributed by atoms with Crippen LogP contribution in [0.3, 0.4) is 0 Å². The number of aromatic nitrogens is 1. The van der Waals surface area contributed by atoms with Gasteiger partial charge >= 0.3 is 5.97 Å². The Balaban J connectivity index is 1.81. The predicted octanol–water partition coefficient (Wildman–Crippen LogP) is 4.88. The maximum Gasteiger partial charge on any atom is 0.357 e. The Labute approximate surface area is 271 Å². The number of thiazole rings is 1. The molecule has 12 nitrogen and oxygen atoms in total. The molecule has 0 radical (unpaired) electrons. The number of fused-ring (bicyclic) bond motifs is 3. The summed E-state index contributed by atoms with van der Waals surface area (Å²) in [6.07, 6.45) is 1.49. The molecule has 1 aromatic heterocycles. The van der Waals surface area contributed by atoms with E-state index in [1.54, 1.807) is 26.2 Å². The molecule has 2 amide bonds. The molecular weight excluding hydrogens is 612 g/mol. The van der Waals surface area contributed by atoms with E-state index in [0.717, 1.165) is 22.5 Å². The van der Waals surface area contributed by atoms with E-state index in [2.05, 4.69) is 20.9 Å². The van der Waals surface area contributed by atoms with E-state index in [4.69, 9.17) is 18.9 Å². The van der Waals surface area contributed by atoms with Crippen LogP contribution >= 0.6 is 11.3 Å². The fourth-order valence-corrected chi connectivity index (χ4v) is 6.45. The monoisotopic (exact) mass is 652 g/mol. The molecule has 246 valence electrons. The van der Waals surface area contributed by atoms with Gasteiger partial charge in [-0.05, 0) is 67.0 Å². The molecule has 3 aromatic rings. The molecule has 4 rings (SSSR count). The number of carbonyl (C=O) groups excluding carboxylic acids is 3. The molecule has 0 saturated heterocycles. The van der Waals surface area contributed by atoms with Crippen molar-refractivity contribution < 1.29 is 33.3 Å². The van der Waals surface area contributed by atoms with E-state index < -0.39 is 24.0 Å². The van der Waals surface area contributed by atoms with Crippen molar-refractivity contribution in [1.29, 1.82) is 0 Å². The van der Waals surface area contributed by atoms with Crippen molar-refractivity contribution in [2.75, 3.05) is 39.1 Å². The molecule has 0 aliphatic heterocycles. The standard InChI is InChI=1S/C33H40N4O8S/c1-16(2)13-24(31(40)37-33-36-28(17(3)46-33)32(41)45-8)35-23-12-10-20-21(15-25(23)39)22(34-18(4)38)11-9-19-14-26(42-5)29(43-6)30(44-7)27(19)20/h10,12,14-16,22,24H,9,11,13H2,1-8H3,(H,34,38)(H,35,39)(H,36,37,40). The van der Waals surface area contributed by atoms with Crippen LogP contribution in [0.5, 0.6) is 17.2 Å². The largest absolute Gasteiger partial charge is 0.493 e. The highest BCUT2D eigenvalue weighted by Crippen LogP contribution is 2.50. The van der Waals surface area contributed by atoms with Crippen LogP contribution in [0.4, 0.5) is 10.8 Å². The first kappa shape index (κ1) is 34.2. The number of nitrogens with one attached hydrogen (secondary N) is 3. The summed E-state index contributed by atoms with van der Waals surface area (Å²) < 4.78 is 21.9. The van der Waals surface area contributed by atoms with Gasteiger partial charge in [-0.15, -0.1) is 11.3 Å². The number of hydrogen-bond donors (Lipinski definition) is 3. The topological polar surface area (TPSA) is 154 Å². The Kier molecular flexibility index (Phi) is 10.9. The zero-order chi connectivity index (χ0) is 33.7. The molecule has 0 saturated carbocycles. The minimum atomic E-state index is -0.807. The quantitative estimate of drug-likeness (QED) is 0.244. The summed E-state index contributed by atoms with van der Waals surface area (Å²) in [6.45, 7) is 7.10. The third-order valence-electron chi connectivity index (χ3n) is 7.67. The lowest BCUT2D eigenvalue weighted by Gasteiger charge is -2.20. The van der Waals surface area contributed by atoms with Crippen LogP contribution < -0.4 is 35.6 Å². The number of aryl methyl sites for hydroxylation is 2. The molecule has 0 fully saturated rings. The molecule has 13 heteroatoms. The van der Waals surface area contributed by atoms with E-state index in [9.17, 15) is 19.2 Å². The molecule has 2 unspecified atom stereocenters. The zero-order valence-electron chi connectivity index (χ0n) is 27.3. The van der Waals surface area contributed by atoms with Gasteiger partial charge in [0.25, 0.3) is 0 Å². The smallest absolute Gasteiger partial charge is 0.357 e. The first-order valence-corrected chi connectivity index (χ1v) is 15.6. The Morgan fingerprint density at radius 3 is 2.37 bits per heavy atom. The van der Waals surface area contributed by atoms with Crippen LogP contribution in [0.1, 0.15) is 66.1 Å². The van der Waals surface area contributed by atoms with Crippen molar-refractivity contribution in [3.8, 4) is 28.4 Å². The second-order valence-corrected chi connectivity index (χ2v) is 12.5. The van der Waals surface area contributed by atoms with Crippen LogP contribution in [0, 0.1) is 12.8 Å². The highest BCUT2D eigenvalue weighted by Gasteiger charge is 2.30. The van der Waals surface area contributed by atoms with E-state index in [1.807, 2.05) is 19.9 Å². The molecule has 1 aliphatic rings. The lowest BCUT2D eigenvalue weighted by atomic mass is 9.95. The van der Waals surface area contributed by atoms with Crippen molar-refractivity contribution in [1.82, 2.24) is 10.3 Å². The van der Waals surface area contributed by atoms with Crippen molar-refractivity contribution >= 4 is 39.9 Å². The minimum Gasteiger partial charge on any atom is -0.493 e. The van der Waals surface area contributed by atoms with Gasteiger partial charge < -0.3 is 34.9 Å². The number of anilines is 2. The highest BCUT2D eigenvalue weighted by molar-refractivity contribution is 7.16. The Morgan fingerprint density at radius 2 is 1.76 bits per heavy atom. The summed E-state index contributed by atoms with van der Waals surface area (Å²) in [5, 5.41) is 9.19. The van der Waals surface area contributed by atoms with Crippen LogP contribution in [-0.4, -0.2) is 57.2 Å². The molecule has 2 aromatic carbocycles. The number of amides is 2. The van der Waals surface area contributed by atoms with E-state index in [-0.39, 0.29) is 33.8 Å². The first-order chi connectivity index (χ1) is 21.9. The Hall–Kier alpha value is -4.65. The predicted molar refractivity (Wildman–Crippen MR) is 176 cm³/mol. The van der Waals surface area contributed by atoms with Crippen LogP contribution in [0.15, 0.2) is 29.1 Å². The minimum absolute atomic E-state index is 0.0962. The molecule has 3 N–H and O–H groups in total. The lowest BCUT2D eigenvalue weighted by Crippen LogP contribution is -2.37. The maximum atomic E-state index is 13.8. The van der Waals surface area contributed by atoms with E-state index in [0.29, 0.717) is 52.5 Å². The van der Waals surface area contributed by atoms with Gasteiger partial charge in [-0.1, -0.05) is 19.9 Å². The van der Waals surface area contributed by atoms with Gasteiger partial charge in [0.2, 0.25) is 23.0 Å². The molecule has 2 atom stereocenters. The number of carbonyl (C=O) groups is 3. The van der Waals surface area contributed by atoms with Crippen molar-refractivity contribution in [3.63, 3.8) is 0 Å². The fraction of sp³-hybridized carbons (Fsp3) is 0.424. The van der Waals surface area contributed by atoms with E-state index in [1.165, 1.54) is 34.3 Å². The molecule has 0 bridgehead atoms. The van der Waals surface area contributed by atoms with Gasteiger partial charge in [-0.2, -0.15) is 0 Å². The molecular formula is C33H40N4O8S. The van der Waals surface area contributed by atoms with Crippen LogP contribution in [-0.2, 0) is 20.7 Å². The van der Waals surface area contributed by atoms with Crippen LogP contribution in [0.25, 0.3) is 11.1 Å². The van der Waals surface area contributed by atoms with Gasteiger partial charge in [0, 0.05) is 17.4 Å². The van der Waals surface area contributed by atoms with Crippen molar-refractivity contribution in [3.05, 3.63) is 56.2 Å². The summed E-state index contributed by atoms with van der Waals surface area (Å²) >= 11 is 1.16. The first-order valence-electron chi connectivity index (χ1n) is 14.8.